The van der Waals surface area contributed by atoms with Gasteiger partial charge in [-0.15, -0.1) is 0 Å². The van der Waals surface area contributed by atoms with Crippen LogP contribution in [0, 0.1) is 34.5 Å². The van der Waals surface area contributed by atoms with E-state index in [1.807, 2.05) is 6.07 Å². The zero-order chi connectivity index (χ0) is 30.9. The monoisotopic (exact) mass is 572 g/mol. The molecule has 3 aliphatic rings. The third-order valence-electron chi connectivity index (χ3n) is 10.1. The third-order valence-corrected chi connectivity index (χ3v) is 10.1. The number of aliphatic hydroxyl groups is 1. The van der Waals surface area contributed by atoms with Crippen molar-refractivity contribution in [2.45, 2.75) is 65.9 Å². The van der Waals surface area contributed by atoms with Crippen molar-refractivity contribution in [1.29, 1.82) is 0 Å². The van der Waals surface area contributed by atoms with Crippen molar-refractivity contribution in [2.75, 3.05) is 0 Å². The first-order chi connectivity index (χ1) is 19.6. The number of aryl methyl sites for hydroxylation is 1. The summed E-state index contributed by atoms with van der Waals surface area (Å²) in [5.74, 6) is -9.29. The van der Waals surface area contributed by atoms with Gasteiger partial charge in [-0.05, 0) is 54.7 Å². The van der Waals surface area contributed by atoms with E-state index in [0.29, 0.717) is 23.1 Å². The highest BCUT2D eigenvalue weighted by Crippen LogP contribution is 2.63. The van der Waals surface area contributed by atoms with Gasteiger partial charge in [-0.3, -0.25) is 28.8 Å². The van der Waals surface area contributed by atoms with Gasteiger partial charge in [0.2, 0.25) is 0 Å². The average Bonchev–Trinajstić information content (AvgIpc) is 2.90. The molecule has 2 aromatic rings. The number of phenols is 1. The summed E-state index contributed by atoms with van der Waals surface area (Å²) in [5.41, 5.74) is -3.67. The van der Waals surface area contributed by atoms with E-state index in [0.717, 1.165) is 6.92 Å². The van der Waals surface area contributed by atoms with Crippen LogP contribution in [-0.2, 0) is 32.0 Å². The van der Waals surface area contributed by atoms with Crippen molar-refractivity contribution in [3.05, 3.63) is 64.7 Å². The second kappa shape index (κ2) is 9.90. The number of phenolic OH excluding ortho intramolecular Hbond substituents is 1. The van der Waals surface area contributed by atoms with Gasteiger partial charge in [-0.1, -0.05) is 64.1 Å². The summed E-state index contributed by atoms with van der Waals surface area (Å²) in [6.45, 7) is 7.88. The molecule has 2 aromatic carbocycles. The number of Topliss-reactive ketones (excluding diaryl/α,β-unsaturated/α-hetero) is 6. The Morgan fingerprint density at radius 3 is 2.21 bits per heavy atom. The smallest absolute Gasteiger partial charge is 0.190 e. The maximum Gasteiger partial charge on any atom is 0.190 e. The number of carbonyl (C=O) groups excluding carboxylic acids is 6. The van der Waals surface area contributed by atoms with Gasteiger partial charge < -0.3 is 10.2 Å². The van der Waals surface area contributed by atoms with Crippen molar-refractivity contribution >= 4 is 34.7 Å². The van der Waals surface area contributed by atoms with Crippen LogP contribution in [0.1, 0.15) is 79.3 Å². The van der Waals surface area contributed by atoms with Crippen LogP contribution < -0.4 is 0 Å². The van der Waals surface area contributed by atoms with E-state index in [1.54, 1.807) is 58.0 Å². The van der Waals surface area contributed by atoms with Crippen LogP contribution in [0.4, 0.5) is 0 Å². The SMILES string of the molecule is CC(=O)C1C(=O)C(C(C)C)[C@@]2(C)C[C@@]3(C)Cc4c(CCC(=O)c5ccccc5)ccc(O)c4C(=O)C3C(=O)[C@@]2(O)C1=O. The highest BCUT2D eigenvalue weighted by Gasteiger charge is 2.76. The standard InChI is InChI=1S/C34H36O8/c1-17(2)26-28(38)24(18(3)35)30(40)34(42)31(41)27-29(39)25-21(15-32(27,4)16-33(26,34)5)19(12-14-23(25)37)11-13-22(36)20-9-7-6-8-10-20/h6-10,12,14,17,24,26-27,37,42H,11,13,15-16H2,1-5H3/t24?,26?,27?,32-,33-,34+/m1/s1. The van der Waals surface area contributed by atoms with Crippen LogP contribution in [0.3, 0.4) is 0 Å². The van der Waals surface area contributed by atoms with E-state index in [1.165, 1.54) is 6.07 Å². The van der Waals surface area contributed by atoms with Crippen LogP contribution in [0.25, 0.3) is 0 Å². The third kappa shape index (κ3) is 3.98. The molecule has 8 heteroatoms. The predicted molar refractivity (Wildman–Crippen MR) is 152 cm³/mol. The molecule has 0 aliphatic heterocycles. The second-order valence-electron chi connectivity index (χ2n) is 13.2. The first kappa shape index (κ1) is 29.7. The van der Waals surface area contributed by atoms with Crippen molar-refractivity contribution in [1.82, 2.24) is 0 Å². The Bertz CT molecular complexity index is 1550. The average molecular weight is 573 g/mol. The number of rotatable bonds is 6. The summed E-state index contributed by atoms with van der Waals surface area (Å²) in [7, 11) is 0. The van der Waals surface area contributed by atoms with Crippen LogP contribution in [-0.4, -0.2) is 50.5 Å². The fourth-order valence-electron chi connectivity index (χ4n) is 8.45. The molecule has 0 aromatic heterocycles. The van der Waals surface area contributed by atoms with E-state index < -0.39 is 69.0 Å². The number of benzene rings is 2. The Balaban J connectivity index is 1.61. The molecule has 5 rings (SSSR count). The summed E-state index contributed by atoms with van der Waals surface area (Å²) in [4.78, 5) is 81.1. The number of hydrogen-bond acceptors (Lipinski definition) is 8. The largest absolute Gasteiger partial charge is 0.507 e. The lowest BCUT2D eigenvalue weighted by atomic mass is 9.40. The van der Waals surface area contributed by atoms with Gasteiger partial charge in [0.1, 0.15) is 17.5 Å². The van der Waals surface area contributed by atoms with Gasteiger partial charge in [0.05, 0.1) is 11.5 Å². The fraction of sp³-hybridized carbons (Fsp3) is 0.471. The summed E-state index contributed by atoms with van der Waals surface area (Å²) in [5, 5.41) is 22.9. The molecule has 2 fully saturated rings. The molecule has 0 radical (unpaired) electrons. The number of hydrogen-bond donors (Lipinski definition) is 2. The molecule has 8 nitrogen and oxygen atoms in total. The Hall–Kier alpha value is -3.78. The summed E-state index contributed by atoms with van der Waals surface area (Å²) < 4.78 is 0. The first-order valence-corrected chi connectivity index (χ1v) is 14.4. The molecule has 0 spiro atoms. The van der Waals surface area contributed by atoms with E-state index in [-0.39, 0.29) is 36.4 Å². The quantitative estimate of drug-likeness (QED) is 0.392. The lowest BCUT2D eigenvalue weighted by molar-refractivity contribution is -0.205. The summed E-state index contributed by atoms with van der Waals surface area (Å²) >= 11 is 0. The van der Waals surface area contributed by atoms with E-state index >= 15 is 0 Å². The van der Waals surface area contributed by atoms with Crippen LogP contribution in [0.2, 0.25) is 0 Å². The van der Waals surface area contributed by atoms with E-state index in [4.69, 9.17) is 0 Å². The molecule has 3 unspecified atom stereocenters. The van der Waals surface area contributed by atoms with E-state index in [2.05, 4.69) is 0 Å². The molecule has 6 atom stereocenters. The summed E-state index contributed by atoms with van der Waals surface area (Å²) in [6.07, 6.45) is 0.603. The predicted octanol–water partition coefficient (Wildman–Crippen LogP) is 3.91. The Labute approximate surface area is 244 Å². The van der Waals surface area contributed by atoms with Crippen molar-refractivity contribution in [3.8, 4) is 5.75 Å². The van der Waals surface area contributed by atoms with Gasteiger partial charge in [0, 0.05) is 23.3 Å². The second-order valence-corrected chi connectivity index (χ2v) is 13.2. The van der Waals surface area contributed by atoms with E-state index in [9.17, 15) is 39.0 Å². The Morgan fingerprint density at radius 1 is 0.976 bits per heavy atom. The molecular formula is C34H36O8. The minimum absolute atomic E-state index is 0.0128. The molecule has 2 saturated carbocycles. The number of ketones is 6. The molecular weight excluding hydrogens is 536 g/mol. The van der Waals surface area contributed by atoms with Gasteiger partial charge in [-0.25, -0.2) is 0 Å². The summed E-state index contributed by atoms with van der Waals surface area (Å²) in [6, 6.07) is 11.9. The molecule has 3 aliphatic carbocycles. The molecule has 42 heavy (non-hydrogen) atoms. The molecule has 2 N–H and O–H groups in total. The van der Waals surface area contributed by atoms with Crippen LogP contribution in [0.15, 0.2) is 42.5 Å². The van der Waals surface area contributed by atoms with Gasteiger partial charge in [0.15, 0.2) is 34.5 Å². The lowest BCUT2D eigenvalue weighted by Crippen LogP contribution is -2.76. The normalized spacial score (nSPS) is 32.3. The van der Waals surface area contributed by atoms with Crippen molar-refractivity contribution in [2.24, 2.45) is 34.5 Å². The van der Waals surface area contributed by atoms with Gasteiger partial charge in [0.25, 0.3) is 0 Å². The number of aromatic hydroxyl groups is 1. The topological polar surface area (TPSA) is 143 Å². The molecule has 220 valence electrons. The molecule has 0 heterocycles. The Morgan fingerprint density at radius 2 is 1.62 bits per heavy atom. The minimum atomic E-state index is -2.72. The lowest BCUT2D eigenvalue weighted by Gasteiger charge is -2.61. The highest BCUT2D eigenvalue weighted by molar-refractivity contribution is 6.32. The molecule has 0 bridgehead atoms. The number of carbonyl (C=O) groups is 6. The number of fused-ring (bicyclic) bond motifs is 3. The molecule has 0 amide bonds. The zero-order valence-corrected chi connectivity index (χ0v) is 24.5. The van der Waals surface area contributed by atoms with Gasteiger partial charge >= 0.3 is 0 Å². The van der Waals surface area contributed by atoms with Crippen molar-refractivity contribution in [3.63, 3.8) is 0 Å². The Kier molecular flexibility index (Phi) is 7.00. The maximum absolute atomic E-state index is 14.3. The minimum Gasteiger partial charge on any atom is -0.507 e. The fourth-order valence-corrected chi connectivity index (χ4v) is 8.45. The molecule has 0 saturated heterocycles. The maximum atomic E-state index is 14.3. The zero-order valence-electron chi connectivity index (χ0n) is 24.5. The first-order valence-electron chi connectivity index (χ1n) is 14.4. The van der Waals surface area contributed by atoms with Crippen LogP contribution in [0.5, 0.6) is 5.75 Å². The highest BCUT2D eigenvalue weighted by atomic mass is 16.3. The van der Waals surface area contributed by atoms with Crippen LogP contribution >= 0.6 is 0 Å². The van der Waals surface area contributed by atoms with Gasteiger partial charge in [-0.2, -0.15) is 0 Å². The van der Waals surface area contributed by atoms with Crippen molar-refractivity contribution < 1.29 is 39.0 Å².